The number of carbonyl (C=O) groups is 1. The van der Waals surface area contributed by atoms with Crippen molar-refractivity contribution in [1.82, 2.24) is 9.97 Å². The van der Waals surface area contributed by atoms with Gasteiger partial charge < -0.3 is 15.4 Å². The van der Waals surface area contributed by atoms with Crippen LogP contribution in [0.25, 0.3) is 0 Å². The molecule has 0 aliphatic heterocycles. The van der Waals surface area contributed by atoms with E-state index in [0.717, 1.165) is 11.4 Å². The van der Waals surface area contributed by atoms with Crippen LogP contribution < -0.4 is 15.4 Å². The van der Waals surface area contributed by atoms with E-state index in [1.807, 2.05) is 38.1 Å². The van der Waals surface area contributed by atoms with Crippen molar-refractivity contribution in [2.45, 2.75) is 20.0 Å². The van der Waals surface area contributed by atoms with E-state index in [0.29, 0.717) is 5.69 Å². The SMILES string of the molecule is CC(C)Oc1ccc(Nc2nccc(C(=O)Nc3cccc(F)c3)n2)cc1. The van der Waals surface area contributed by atoms with Crippen LogP contribution in [-0.2, 0) is 0 Å². The molecule has 1 amide bonds. The lowest BCUT2D eigenvalue weighted by Crippen LogP contribution is -2.14. The van der Waals surface area contributed by atoms with Crippen LogP contribution in [0.15, 0.2) is 60.8 Å². The maximum Gasteiger partial charge on any atom is 0.274 e. The number of carbonyl (C=O) groups excluding carboxylic acids is 1. The van der Waals surface area contributed by atoms with E-state index in [2.05, 4.69) is 20.6 Å². The van der Waals surface area contributed by atoms with Crippen LogP contribution in [-0.4, -0.2) is 22.0 Å². The Balaban J connectivity index is 1.68. The predicted octanol–water partition coefficient (Wildman–Crippen LogP) is 4.40. The minimum absolute atomic E-state index is 0.0976. The van der Waals surface area contributed by atoms with Crippen molar-refractivity contribution in [3.05, 3.63) is 72.3 Å². The molecule has 2 N–H and O–H groups in total. The summed E-state index contributed by atoms with van der Waals surface area (Å²) in [5, 5.41) is 5.64. The van der Waals surface area contributed by atoms with Gasteiger partial charge in [-0.2, -0.15) is 0 Å². The summed E-state index contributed by atoms with van der Waals surface area (Å²) >= 11 is 0. The van der Waals surface area contributed by atoms with E-state index in [9.17, 15) is 9.18 Å². The Morgan fingerprint density at radius 3 is 2.56 bits per heavy atom. The van der Waals surface area contributed by atoms with Gasteiger partial charge in [-0.25, -0.2) is 14.4 Å². The van der Waals surface area contributed by atoms with Crippen LogP contribution in [0.5, 0.6) is 5.75 Å². The van der Waals surface area contributed by atoms with Gasteiger partial charge in [0, 0.05) is 17.6 Å². The molecule has 1 heterocycles. The fourth-order valence-corrected chi connectivity index (χ4v) is 2.32. The summed E-state index contributed by atoms with van der Waals surface area (Å²) in [4.78, 5) is 20.6. The Morgan fingerprint density at radius 2 is 1.85 bits per heavy atom. The Labute approximate surface area is 156 Å². The van der Waals surface area contributed by atoms with E-state index >= 15 is 0 Å². The number of nitrogens with one attached hydrogen (secondary N) is 2. The Bertz CT molecular complexity index is 929. The Morgan fingerprint density at radius 1 is 1.07 bits per heavy atom. The van der Waals surface area contributed by atoms with Gasteiger partial charge in [0.2, 0.25) is 5.95 Å². The van der Waals surface area contributed by atoms with Gasteiger partial charge in [0.15, 0.2) is 0 Å². The van der Waals surface area contributed by atoms with Gasteiger partial charge in [0.25, 0.3) is 5.91 Å². The first-order valence-corrected chi connectivity index (χ1v) is 8.43. The molecule has 1 aromatic heterocycles. The normalized spacial score (nSPS) is 10.5. The van der Waals surface area contributed by atoms with Crippen LogP contribution in [0.3, 0.4) is 0 Å². The minimum atomic E-state index is -0.452. The van der Waals surface area contributed by atoms with E-state index < -0.39 is 11.7 Å². The molecular formula is C20H19FN4O2. The molecule has 3 rings (SSSR count). The number of nitrogens with zero attached hydrogens (tertiary/aromatic N) is 2. The van der Waals surface area contributed by atoms with E-state index in [1.54, 1.807) is 6.07 Å². The highest BCUT2D eigenvalue weighted by atomic mass is 19.1. The first-order valence-electron chi connectivity index (χ1n) is 8.43. The van der Waals surface area contributed by atoms with Gasteiger partial charge in [0.1, 0.15) is 17.3 Å². The highest BCUT2D eigenvalue weighted by Gasteiger charge is 2.10. The fraction of sp³-hybridized carbons (Fsp3) is 0.150. The summed E-state index contributed by atoms with van der Waals surface area (Å²) in [6.07, 6.45) is 1.58. The Kier molecular flexibility index (Phi) is 5.61. The van der Waals surface area contributed by atoms with E-state index in [4.69, 9.17) is 4.74 Å². The van der Waals surface area contributed by atoms with Crippen LogP contribution in [0.4, 0.5) is 21.7 Å². The monoisotopic (exact) mass is 366 g/mol. The van der Waals surface area contributed by atoms with Gasteiger partial charge in [0.05, 0.1) is 6.10 Å². The summed E-state index contributed by atoms with van der Waals surface area (Å²) in [6, 6.07) is 14.5. The number of anilines is 3. The summed E-state index contributed by atoms with van der Waals surface area (Å²) in [5.41, 5.74) is 1.28. The van der Waals surface area contributed by atoms with Crippen molar-refractivity contribution in [2.75, 3.05) is 10.6 Å². The summed E-state index contributed by atoms with van der Waals surface area (Å²) in [7, 11) is 0. The second-order valence-corrected chi connectivity index (χ2v) is 6.05. The predicted molar refractivity (Wildman–Crippen MR) is 102 cm³/mol. The molecule has 138 valence electrons. The molecule has 0 saturated carbocycles. The smallest absolute Gasteiger partial charge is 0.274 e. The topological polar surface area (TPSA) is 76.1 Å². The molecular weight excluding hydrogens is 347 g/mol. The molecule has 0 unspecified atom stereocenters. The largest absolute Gasteiger partial charge is 0.491 e. The van der Waals surface area contributed by atoms with Crippen LogP contribution in [0.1, 0.15) is 24.3 Å². The van der Waals surface area contributed by atoms with Crippen molar-refractivity contribution >= 4 is 23.2 Å². The second-order valence-electron chi connectivity index (χ2n) is 6.05. The molecule has 2 aromatic carbocycles. The highest BCUT2D eigenvalue weighted by Crippen LogP contribution is 2.19. The molecule has 7 heteroatoms. The summed E-state index contributed by atoms with van der Waals surface area (Å²) in [6.45, 7) is 3.92. The summed E-state index contributed by atoms with van der Waals surface area (Å²) < 4.78 is 18.8. The molecule has 0 radical (unpaired) electrons. The van der Waals surface area contributed by atoms with Crippen molar-refractivity contribution in [3.8, 4) is 5.75 Å². The number of amides is 1. The molecule has 27 heavy (non-hydrogen) atoms. The zero-order chi connectivity index (χ0) is 19.2. The maximum atomic E-state index is 13.2. The third-order valence-electron chi connectivity index (χ3n) is 3.45. The number of hydrogen-bond donors (Lipinski definition) is 2. The highest BCUT2D eigenvalue weighted by molar-refractivity contribution is 6.02. The maximum absolute atomic E-state index is 13.2. The first-order chi connectivity index (χ1) is 13.0. The molecule has 0 fully saturated rings. The Hall–Kier alpha value is -3.48. The zero-order valence-electron chi connectivity index (χ0n) is 14.9. The number of aromatic nitrogens is 2. The van der Waals surface area contributed by atoms with E-state index in [1.165, 1.54) is 30.5 Å². The molecule has 0 saturated heterocycles. The quantitative estimate of drug-likeness (QED) is 0.676. The van der Waals surface area contributed by atoms with Crippen LogP contribution >= 0.6 is 0 Å². The average Bonchev–Trinajstić information content (AvgIpc) is 2.63. The molecule has 3 aromatic rings. The van der Waals surface area contributed by atoms with E-state index in [-0.39, 0.29) is 17.7 Å². The second kappa shape index (κ2) is 8.27. The van der Waals surface area contributed by atoms with Crippen molar-refractivity contribution in [2.24, 2.45) is 0 Å². The number of ether oxygens (including phenoxy) is 1. The molecule has 0 spiro atoms. The zero-order valence-corrected chi connectivity index (χ0v) is 14.9. The molecule has 6 nitrogen and oxygen atoms in total. The van der Waals surface area contributed by atoms with Crippen molar-refractivity contribution < 1.29 is 13.9 Å². The lowest BCUT2D eigenvalue weighted by molar-refractivity contribution is 0.102. The average molecular weight is 366 g/mol. The van der Waals surface area contributed by atoms with Crippen LogP contribution in [0.2, 0.25) is 0 Å². The van der Waals surface area contributed by atoms with Gasteiger partial charge in [-0.1, -0.05) is 6.07 Å². The third-order valence-corrected chi connectivity index (χ3v) is 3.45. The number of halogens is 1. The molecule has 0 aliphatic carbocycles. The summed E-state index contributed by atoms with van der Waals surface area (Å²) in [5.74, 6) is 0.161. The minimum Gasteiger partial charge on any atom is -0.491 e. The van der Waals surface area contributed by atoms with Gasteiger partial charge >= 0.3 is 0 Å². The lowest BCUT2D eigenvalue weighted by Gasteiger charge is -2.11. The molecule has 0 atom stereocenters. The number of rotatable bonds is 6. The standard InChI is InChI=1S/C20H19FN4O2/c1-13(2)27-17-8-6-15(7-9-17)24-20-22-11-10-18(25-20)19(26)23-16-5-3-4-14(21)12-16/h3-13H,1-2H3,(H,23,26)(H,22,24,25). The van der Waals surface area contributed by atoms with Gasteiger partial charge in [-0.05, 0) is 62.4 Å². The molecule has 0 bridgehead atoms. The molecule has 0 aliphatic rings. The van der Waals surface area contributed by atoms with Crippen LogP contribution in [0, 0.1) is 5.82 Å². The van der Waals surface area contributed by atoms with Crippen molar-refractivity contribution in [3.63, 3.8) is 0 Å². The number of benzene rings is 2. The first kappa shape index (κ1) is 18.3. The van der Waals surface area contributed by atoms with Gasteiger partial charge in [-0.3, -0.25) is 4.79 Å². The third kappa shape index (κ3) is 5.24. The number of hydrogen-bond acceptors (Lipinski definition) is 5. The van der Waals surface area contributed by atoms with Gasteiger partial charge in [-0.15, -0.1) is 0 Å². The lowest BCUT2D eigenvalue weighted by atomic mass is 10.3. The van der Waals surface area contributed by atoms with Crippen molar-refractivity contribution in [1.29, 1.82) is 0 Å². The fourth-order valence-electron chi connectivity index (χ4n) is 2.32.